The maximum Gasteiger partial charge on any atom is 0.160 e. The summed E-state index contributed by atoms with van der Waals surface area (Å²) in [6.07, 6.45) is 1.27. The Morgan fingerprint density at radius 1 is 1.04 bits per heavy atom. The van der Waals surface area contributed by atoms with Crippen molar-refractivity contribution in [3.05, 3.63) is 65.7 Å². The van der Waals surface area contributed by atoms with E-state index in [0.29, 0.717) is 18.5 Å². The van der Waals surface area contributed by atoms with Gasteiger partial charge in [0.05, 0.1) is 6.07 Å². The van der Waals surface area contributed by atoms with Crippen molar-refractivity contribution in [2.24, 2.45) is 0 Å². The van der Waals surface area contributed by atoms with Gasteiger partial charge >= 0.3 is 0 Å². The highest BCUT2D eigenvalue weighted by Crippen LogP contribution is 2.28. The molecule has 0 spiro atoms. The van der Waals surface area contributed by atoms with Gasteiger partial charge in [0, 0.05) is 31.4 Å². The van der Waals surface area contributed by atoms with E-state index in [1.807, 2.05) is 18.2 Å². The SMILES string of the molecule is N#CC1(Nc2ccc(F)c(F)c2)CCN(Cc2ccccc2)CC1. The summed E-state index contributed by atoms with van der Waals surface area (Å²) in [5.41, 5.74) is 0.944. The second-order valence-electron chi connectivity index (χ2n) is 6.21. The van der Waals surface area contributed by atoms with Gasteiger partial charge in [-0.1, -0.05) is 30.3 Å². The van der Waals surface area contributed by atoms with Gasteiger partial charge in [0.25, 0.3) is 0 Å². The van der Waals surface area contributed by atoms with Crippen LogP contribution in [0.25, 0.3) is 0 Å². The molecule has 0 bridgehead atoms. The van der Waals surface area contributed by atoms with Gasteiger partial charge in [0.15, 0.2) is 11.6 Å². The Morgan fingerprint density at radius 3 is 2.38 bits per heavy atom. The van der Waals surface area contributed by atoms with Crippen LogP contribution in [0, 0.1) is 23.0 Å². The summed E-state index contributed by atoms with van der Waals surface area (Å²) in [5.74, 6) is -1.79. The second-order valence-corrected chi connectivity index (χ2v) is 6.21. The summed E-state index contributed by atoms with van der Waals surface area (Å²) in [7, 11) is 0. The molecule has 1 fully saturated rings. The first-order valence-electron chi connectivity index (χ1n) is 8.01. The Bertz CT molecular complexity index is 732. The third-order valence-corrected chi connectivity index (χ3v) is 4.48. The number of nitriles is 1. The van der Waals surface area contributed by atoms with Crippen LogP contribution in [-0.4, -0.2) is 23.5 Å². The largest absolute Gasteiger partial charge is 0.367 e. The molecule has 3 nitrogen and oxygen atoms in total. The standard InChI is InChI=1S/C19H19F2N3/c20-17-7-6-16(12-18(17)21)23-19(14-22)8-10-24(11-9-19)13-15-4-2-1-3-5-15/h1-7,12,23H,8-11,13H2. The van der Waals surface area contributed by atoms with Crippen molar-refractivity contribution in [2.45, 2.75) is 24.9 Å². The Labute approximate surface area is 140 Å². The fourth-order valence-corrected chi connectivity index (χ4v) is 3.05. The first kappa shape index (κ1) is 16.4. The lowest BCUT2D eigenvalue weighted by atomic mass is 9.88. The van der Waals surface area contributed by atoms with Crippen molar-refractivity contribution in [3.63, 3.8) is 0 Å². The Kier molecular flexibility index (Phi) is 4.77. The molecular weight excluding hydrogens is 308 g/mol. The van der Waals surface area contributed by atoms with Gasteiger partial charge in [-0.25, -0.2) is 8.78 Å². The summed E-state index contributed by atoms with van der Waals surface area (Å²) in [4.78, 5) is 2.30. The normalized spacial score (nSPS) is 17.2. The molecule has 5 heteroatoms. The highest BCUT2D eigenvalue weighted by atomic mass is 19.2. The number of rotatable bonds is 4. The van der Waals surface area contributed by atoms with E-state index in [-0.39, 0.29) is 0 Å². The van der Waals surface area contributed by atoms with Gasteiger partial charge in [-0.2, -0.15) is 5.26 Å². The predicted molar refractivity (Wildman–Crippen MR) is 89.3 cm³/mol. The van der Waals surface area contributed by atoms with Gasteiger partial charge in [0.2, 0.25) is 0 Å². The first-order chi connectivity index (χ1) is 11.6. The third-order valence-electron chi connectivity index (χ3n) is 4.48. The Morgan fingerprint density at radius 2 is 1.75 bits per heavy atom. The lowest BCUT2D eigenvalue weighted by Gasteiger charge is -2.38. The number of hydrogen-bond acceptors (Lipinski definition) is 3. The molecule has 1 saturated heterocycles. The van der Waals surface area contributed by atoms with Gasteiger partial charge in [-0.15, -0.1) is 0 Å². The number of piperidine rings is 1. The summed E-state index contributed by atoms with van der Waals surface area (Å²) in [5, 5.41) is 12.7. The van der Waals surface area contributed by atoms with E-state index in [4.69, 9.17) is 0 Å². The van der Waals surface area contributed by atoms with Crippen LogP contribution in [0.2, 0.25) is 0 Å². The summed E-state index contributed by atoms with van der Waals surface area (Å²) in [6, 6.07) is 16.2. The molecule has 0 atom stereocenters. The number of benzene rings is 2. The van der Waals surface area contributed by atoms with Crippen molar-refractivity contribution in [1.29, 1.82) is 5.26 Å². The highest BCUT2D eigenvalue weighted by molar-refractivity contribution is 5.48. The summed E-state index contributed by atoms with van der Waals surface area (Å²) in [6.45, 7) is 2.41. The zero-order valence-electron chi connectivity index (χ0n) is 13.3. The average Bonchev–Trinajstić information content (AvgIpc) is 2.61. The van der Waals surface area contributed by atoms with E-state index in [1.165, 1.54) is 11.6 Å². The van der Waals surface area contributed by atoms with Gasteiger partial charge in [-0.05, 0) is 30.5 Å². The monoisotopic (exact) mass is 327 g/mol. The van der Waals surface area contributed by atoms with Gasteiger partial charge in [0.1, 0.15) is 5.54 Å². The topological polar surface area (TPSA) is 39.1 Å². The number of likely N-dealkylation sites (tertiary alicyclic amines) is 1. The lowest BCUT2D eigenvalue weighted by Crippen LogP contribution is -2.48. The summed E-state index contributed by atoms with van der Waals surface area (Å²) >= 11 is 0. The molecule has 0 amide bonds. The molecular formula is C19H19F2N3. The van der Waals surface area contributed by atoms with Crippen LogP contribution in [0.15, 0.2) is 48.5 Å². The molecule has 0 aliphatic carbocycles. The molecule has 2 aromatic rings. The highest BCUT2D eigenvalue weighted by Gasteiger charge is 2.34. The molecule has 3 rings (SSSR count). The van der Waals surface area contributed by atoms with E-state index in [0.717, 1.165) is 31.8 Å². The van der Waals surface area contributed by atoms with E-state index in [2.05, 4.69) is 28.4 Å². The third kappa shape index (κ3) is 3.72. The molecule has 1 heterocycles. The van der Waals surface area contributed by atoms with E-state index < -0.39 is 17.2 Å². The summed E-state index contributed by atoms with van der Waals surface area (Å²) < 4.78 is 26.4. The molecule has 0 saturated carbocycles. The maximum absolute atomic E-state index is 13.4. The van der Waals surface area contributed by atoms with E-state index in [9.17, 15) is 14.0 Å². The first-order valence-corrected chi connectivity index (χ1v) is 8.01. The van der Waals surface area contributed by atoms with Crippen LogP contribution < -0.4 is 5.32 Å². The van der Waals surface area contributed by atoms with Crippen LogP contribution in [0.5, 0.6) is 0 Å². The zero-order valence-corrected chi connectivity index (χ0v) is 13.3. The molecule has 0 aromatic heterocycles. The fourth-order valence-electron chi connectivity index (χ4n) is 3.05. The number of hydrogen-bond donors (Lipinski definition) is 1. The maximum atomic E-state index is 13.4. The van der Waals surface area contributed by atoms with Crippen LogP contribution in [0.4, 0.5) is 14.5 Å². The lowest BCUT2D eigenvalue weighted by molar-refractivity contribution is 0.189. The van der Waals surface area contributed by atoms with Crippen LogP contribution >= 0.6 is 0 Å². The van der Waals surface area contributed by atoms with E-state index >= 15 is 0 Å². The van der Waals surface area contributed by atoms with Gasteiger partial charge in [-0.3, -0.25) is 4.90 Å². The molecule has 2 aromatic carbocycles. The molecule has 0 radical (unpaired) electrons. The number of anilines is 1. The van der Waals surface area contributed by atoms with Crippen molar-refractivity contribution in [3.8, 4) is 6.07 Å². The van der Waals surface area contributed by atoms with Crippen molar-refractivity contribution in [2.75, 3.05) is 18.4 Å². The van der Waals surface area contributed by atoms with E-state index in [1.54, 1.807) is 0 Å². The van der Waals surface area contributed by atoms with Crippen molar-refractivity contribution < 1.29 is 8.78 Å². The fraction of sp³-hybridized carbons (Fsp3) is 0.316. The second kappa shape index (κ2) is 6.98. The van der Waals surface area contributed by atoms with Crippen molar-refractivity contribution in [1.82, 2.24) is 4.90 Å². The minimum absolute atomic E-state index is 0.437. The van der Waals surface area contributed by atoms with Gasteiger partial charge < -0.3 is 5.32 Å². The minimum Gasteiger partial charge on any atom is -0.367 e. The zero-order chi connectivity index (χ0) is 17.0. The molecule has 1 N–H and O–H groups in total. The minimum atomic E-state index is -0.908. The Hall–Kier alpha value is -2.45. The quantitative estimate of drug-likeness (QED) is 0.924. The predicted octanol–water partition coefficient (Wildman–Crippen LogP) is 3.94. The molecule has 24 heavy (non-hydrogen) atoms. The van der Waals surface area contributed by atoms with Crippen LogP contribution in [-0.2, 0) is 6.54 Å². The molecule has 1 aliphatic rings. The molecule has 0 unspecified atom stereocenters. The van der Waals surface area contributed by atoms with Crippen molar-refractivity contribution >= 4 is 5.69 Å². The smallest absolute Gasteiger partial charge is 0.160 e. The van der Waals surface area contributed by atoms with Crippen LogP contribution in [0.1, 0.15) is 18.4 Å². The number of nitrogens with zero attached hydrogens (tertiary/aromatic N) is 2. The molecule has 124 valence electrons. The van der Waals surface area contributed by atoms with Crippen LogP contribution in [0.3, 0.4) is 0 Å². The number of halogens is 2. The molecule has 1 aliphatic heterocycles. The average molecular weight is 327 g/mol. The number of nitrogens with one attached hydrogen (secondary N) is 1. The Balaban J connectivity index is 1.63.